The topological polar surface area (TPSA) is 23.1 Å². The van der Waals surface area contributed by atoms with Crippen LogP contribution in [0.2, 0.25) is 0 Å². The first kappa shape index (κ1) is 11.7. The Balaban J connectivity index is 1.94. The first-order chi connectivity index (χ1) is 6.18. The molecule has 0 radical (unpaired) electrons. The molecular formula is C10H20OS2. The minimum absolute atomic E-state index is 0.550. The molecule has 13 heavy (non-hydrogen) atoms. The number of hydrogen-bond donors (Lipinski definition) is 0. The SMILES string of the molecule is CC(C)CCCC[C@H]1CC[S+]([O-])S1. The summed E-state index contributed by atoms with van der Waals surface area (Å²) in [7, 11) is 1.15. The number of hydrogen-bond acceptors (Lipinski definition) is 2. The number of unbranched alkanes of at least 4 members (excludes halogenated alkanes) is 1. The van der Waals surface area contributed by atoms with Gasteiger partial charge in [-0.15, -0.1) is 0 Å². The predicted molar refractivity (Wildman–Crippen MR) is 62.3 cm³/mol. The lowest BCUT2D eigenvalue weighted by molar-refractivity contribution is 0.522. The van der Waals surface area contributed by atoms with Crippen LogP contribution in [-0.2, 0) is 10.2 Å². The molecule has 1 nitrogen and oxygen atoms in total. The van der Waals surface area contributed by atoms with E-state index < -0.39 is 10.2 Å². The molecule has 78 valence electrons. The average Bonchev–Trinajstić information content (AvgIpc) is 2.45. The Hall–Kier alpha value is 0.660. The molecule has 1 fully saturated rings. The predicted octanol–water partition coefficient (Wildman–Crippen LogP) is 3.37. The van der Waals surface area contributed by atoms with E-state index in [1.54, 1.807) is 10.8 Å². The van der Waals surface area contributed by atoms with Crippen LogP contribution in [0.15, 0.2) is 0 Å². The highest BCUT2D eigenvalue weighted by Crippen LogP contribution is 2.34. The molecule has 1 rings (SSSR count). The van der Waals surface area contributed by atoms with Gasteiger partial charge in [-0.25, -0.2) is 0 Å². The van der Waals surface area contributed by atoms with Crippen molar-refractivity contribution in [3.05, 3.63) is 0 Å². The van der Waals surface area contributed by atoms with Crippen LogP contribution in [0, 0.1) is 5.92 Å². The second kappa shape index (κ2) is 6.20. The van der Waals surface area contributed by atoms with E-state index in [0.29, 0.717) is 5.25 Å². The van der Waals surface area contributed by atoms with Crippen molar-refractivity contribution >= 4 is 21.0 Å². The van der Waals surface area contributed by atoms with Crippen molar-refractivity contribution < 1.29 is 4.55 Å². The molecule has 0 N–H and O–H groups in total. The summed E-state index contributed by atoms with van der Waals surface area (Å²) < 4.78 is 11.1. The van der Waals surface area contributed by atoms with Crippen LogP contribution in [0.1, 0.15) is 46.0 Å². The minimum Gasteiger partial charge on any atom is -0.605 e. The maximum absolute atomic E-state index is 11.1. The van der Waals surface area contributed by atoms with Crippen LogP contribution in [0.25, 0.3) is 0 Å². The summed E-state index contributed by atoms with van der Waals surface area (Å²) in [5.74, 6) is 1.77. The molecule has 2 atom stereocenters. The lowest BCUT2D eigenvalue weighted by atomic mass is 10.0. The van der Waals surface area contributed by atoms with Crippen LogP contribution >= 0.6 is 10.8 Å². The molecule has 3 heteroatoms. The van der Waals surface area contributed by atoms with Crippen molar-refractivity contribution in [2.24, 2.45) is 5.92 Å². The van der Waals surface area contributed by atoms with E-state index in [0.717, 1.165) is 11.7 Å². The van der Waals surface area contributed by atoms with Gasteiger partial charge in [0.1, 0.15) is 5.75 Å². The van der Waals surface area contributed by atoms with Crippen molar-refractivity contribution in [2.75, 3.05) is 5.75 Å². The quantitative estimate of drug-likeness (QED) is 0.403. The van der Waals surface area contributed by atoms with Gasteiger partial charge in [0, 0.05) is 16.6 Å². The normalized spacial score (nSPS) is 28.6. The van der Waals surface area contributed by atoms with Gasteiger partial charge in [0.2, 0.25) is 0 Å². The Labute approximate surface area is 88.6 Å². The van der Waals surface area contributed by atoms with E-state index in [1.807, 2.05) is 0 Å². The van der Waals surface area contributed by atoms with Crippen LogP contribution < -0.4 is 0 Å². The fourth-order valence-corrected chi connectivity index (χ4v) is 5.16. The Morgan fingerprint density at radius 1 is 1.46 bits per heavy atom. The maximum Gasteiger partial charge on any atom is 0.119 e. The van der Waals surface area contributed by atoms with Gasteiger partial charge in [-0.3, -0.25) is 0 Å². The lowest BCUT2D eigenvalue weighted by Crippen LogP contribution is -1.97. The monoisotopic (exact) mass is 220 g/mol. The Kier molecular flexibility index (Phi) is 5.60. The molecule has 0 bridgehead atoms. The van der Waals surface area contributed by atoms with Crippen LogP contribution in [-0.4, -0.2) is 15.6 Å². The van der Waals surface area contributed by atoms with Crippen LogP contribution in [0.5, 0.6) is 0 Å². The van der Waals surface area contributed by atoms with Crippen molar-refractivity contribution in [3.8, 4) is 0 Å². The average molecular weight is 220 g/mol. The molecule has 0 aromatic heterocycles. The molecular weight excluding hydrogens is 200 g/mol. The molecule has 0 spiro atoms. The van der Waals surface area contributed by atoms with Crippen molar-refractivity contribution in [1.29, 1.82) is 0 Å². The summed E-state index contributed by atoms with van der Waals surface area (Å²) in [5, 5.41) is 0.702. The minimum atomic E-state index is -0.550. The summed E-state index contributed by atoms with van der Waals surface area (Å²) in [4.78, 5) is 0. The second-order valence-corrected chi connectivity index (χ2v) is 7.76. The summed E-state index contributed by atoms with van der Waals surface area (Å²) in [5.41, 5.74) is 0. The van der Waals surface area contributed by atoms with E-state index >= 15 is 0 Å². The third-order valence-electron chi connectivity index (χ3n) is 2.41. The van der Waals surface area contributed by atoms with Crippen molar-refractivity contribution in [1.82, 2.24) is 0 Å². The van der Waals surface area contributed by atoms with Crippen LogP contribution in [0.4, 0.5) is 0 Å². The molecule has 1 unspecified atom stereocenters. The maximum atomic E-state index is 11.1. The van der Waals surface area contributed by atoms with Gasteiger partial charge in [-0.2, -0.15) is 0 Å². The van der Waals surface area contributed by atoms with E-state index in [2.05, 4.69) is 13.8 Å². The van der Waals surface area contributed by atoms with E-state index in [4.69, 9.17) is 0 Å². The highest BCUT2D eigenvalue weighted by molar-refractivity contribution is 8.72. The zero-order chi connectivity index (χ0) is 9.68. The Bertz CT molecular complexity index is 139. The van der Waals surface area contributed by atoms with Gasteiger partial charge in [0.05, 0.1) is 16.0 Å². The highest BCUT2D eigenvalue weighted by Gasteiger charge is 2.27. The van der Waals surface area contributed by atoms with E-state index in [-0.39, 0.29) is 0 Å². The number of rotatable bonds is 5. The molecule has 0 saturated carbocycles. The summed E-state index contributed by atoms with van der Waals surface area (Å²) >= 11 is 0. The zero-order valence-electron chi connectivity index (χ0n) is 8.62. The molecule has 1 heterocycles. The lowest BCUT2D eigenvalue weighted by Gasteiger charge is -2.06. The molecule has 0 amide bonds. The third-order valence-corrected chi connectivity index (χ3v) is 5.90. The first-order valence-electron chi connectivity index (χ1n) is 5.24. The van der Waals surface area contributed by atoms with Gasteiger partial charge in [0.25, 0.3) is 0 Å². The van der Waals surface area contributed by atoms with Gasteiger partial charge in [0.15, 0.2) is 0 Å². The third kappa shape index (κ3) is 5.18. The molecule has 1 aliphatic heterocycles. The summed E-state index contributed by atoms with van der Waals surface area (Å²) in [6, 6.07) is 0. The standard InChI is InChI=1S/C10H20OS2/c1-9(2)5-3-4-6-10-7-8-13(11)12-10/h9-10H,3-8H2,1-2H3/t10-,13?/m0/s1. The van der Waals surface area contributed by atoms with Gasteiger partial charge >= 0.3 is 0 Å². The summed E-state index contributed by atoms with van der Waals surface area (Å²) in [6.45, 7) is 4.55. The largest absolute Gasteiger partial charge is 0.605 e. The highest BCUT2D eigenvalue weighted by atomic mass is 33.1. The zero-order valence-corrected chi connectivity index (χ0v) is 10.3. The van der Waals surface area contributed by atoms with Crippen molar-refractivity contribution in [3.63, 3.8) is 0 Å². The van der Waals surface area contributed by atoms with Gasteiger partial charge in [-0.05, 0) is 12.3 Å². The molecule has 1 aliphatic rings. The van der Waals surface area contributed by atoms with Crippen molar-refractivity contribution in [2.45, 2.75) is 51.2 Å². The molecule has 1 saturated heterocycles. The van der Waals surface area contributed by atoms with E-state index in [9.17, 15) is 4.55 Å². The van der Waals surface area contributed by atoms with Crippen LogP contribution in [0.3, 0.4) is 0 Å². The Morgan fingerprint density at radius 3 is 2.77 bits per heavy atom. The van der Waals surface area contributed by atoms with Gasteiger partial charge < -0.3 is 4.55 Å². The molecule has 0 aromatic rings. The Morgan fingerprint density at radius 2 is 2.23 bits per heavy atom. The fraction of sp³-hybridized carbons (Fsp3) is 1.00. The first-order valence-corrected chi connectivity index (χ1v) is 7.95. The fourth-order valence-electron chi connectivity index (χ4n) is 1.59. The smallest absolute Gasteiger partial charge is 0.119 e. The molecule has 0 aliphatic carbocycles. The molecule has 0 aromatic carbocycles. The summed E-state index contributed by atoms with van der Waals surface area (Å²) in [6.07, 6.45) is 6.48. The van der Waals surface area contributed by atoms with Gasteiger partial charge in [-0.1, -0.05) is 33.1 Å². The second-order valence-electron chi connectivity index (χ2n) is 4.19. The van der Waals surface area contributed by atoms with E-state index in [1.165, 1.54) is 32.1 Å².